The molecule has 1 atom stereocenters. The fourth-order valence-corrected chi connectivity index (χ4v) is 2.98. The van der Waals surface area contributed by atoms with Crippen molar-refractivity contribution < 1.29 is 4.74 Å². The zero-order valence-corrected chi connectivity index (χ0v) is 14.3. The van der Waals surface area contributed by atoms with Gasteiger partial charge in [-0.1, -0.05) is 78.1 Å². The van der Waals surface area contributed by atoms with Gasteiger partial charge >= 0.3 is 0 Å². The molecule has 0 fully saturated rings. The second-order valence-electron chi connectivity index (χ2n) is 6.29. The summed E-state index contributed by atoms with van der Waals surface area (Å²) < 4.78 is 5.61. The Morgan fingerprint density at radius 2 is 1.52 bits per heavy atom. The van der Waals surface area contributed by atoms with Crippen molar-refractivity contribution in [1.29, 1.82) is 0 Å². The molecule has 0 saturated heterocycles. The van der Waals surface area contributed by atoms with Gasteiger partial charge in [-0.25, -0.2) is 0 Å². The van der Waals surface area contributed by atoms with Gasteiger partial charge < -0.3 is 10.1 Å². The van der Waals surface area contributed by atoms with E-state index in [9.17, 15) is 0 Å². The predicted molar refractivity (Wildman–Crippen MR) is 91.7 cm³/mol. The molecule has 0 bridgehead atoms. The second-order valence-corrected chi connectivity index (χ2v) is 6.29. The minimum absolute atomic E-state index is 0.561. The Morgan fingerprint density at radius 3 is 2.00 bits per heavy atom. The number of unbranched alkanes of at least 4 members (excludes halogenated alkanes) is 9. The van der Waals surface area contributed by atoms with Gasteiger partial charge in [0.2, 0.25) is 0 Å². The molecule has 0 saturated carbocycles. The van der Waals surface area contributed by atoms with Crippen molar-refractivity contribution >= 4 is 0 Å². The van der Waals surface area contributed by atoms with E-state index in [1.165, 1.54) is 70.6 Å². The monoisotopic (exact) mass is 293 g/mol. The third-order valence-corrected chi connectivity index (χ3v) is 4.42. The van der Waals surface area contributed by atoms with Crippen LogP contribution in [0.15, 0.2) is 24.4 Å². The van der Waals surface area contributed by atoms with Crippen molar-refractivity contribution in [2.45, 2.75) is 90.9 Å². The smallest absolute Gasteiger partial charge is 0.189 e. The summed E-state index contributed by atoms with van der Waals surface area (Å²) >= 11 is 0. The Labute approximate surface area is 132 Å². The lowest BCUT2D eigenvalue weighted by atomic mass is 9.96. The first kappa shape index (κ1) is 18.1. The molecule has 1 aliphatic heterocycles. The van der Waals surface area contributed by atoms with Crippen LogP contribution < -0.4 is 5.32 Å². The first-order valence-corrected chi connectivity index (χ1v) is 9.11. The van der Waals surface area contributed by atoms with Gasteiger partial charge in [0.25, 0.3) is 0 Å². The molecule has 1 N–H and O–H groups in total. The van der Waals surface area contributed by atoms with Gasteiger partial charge in [0, 0.05) is 12.1 Å². The maximum Gasteiger partial charge on any atom is 0.189 e. The van der Waals surface area contributed by atoms with Crippen molar-refractivity contribution in [3.8, 4) is 0 Å². The third kappa shape index (κ3) is 8.18. The molecular formula is C19H35NO. The summed E-state index contributed by atoms with van der Waals surface area (Å²) in [6, 6.07) is 0. The Morgan fingerprint density at radius 1 is 0.952 bits per heavy atom. The minimum atomic E-state index is 0.561. The molecule has 1 unspecified atom stereocenters. The second kappa shape index (κ2) is 11.7. The summed E-state index contributed by atoms with van der Waals surface area (Å²) in [5, 5.41) is 3.04. The van der Waals surface area contributed by atoms with Crippen LogP contribution in [-0.2, 0) is 4.74 Å². The molecule has 0 aromatic heterocycles. The average molecular weight is 293 g/mol. The van der Waals surface area contributed by atoms with Gasteiger partial charge in [-0.3, -0.25) is 0 Å². The molecule has 21 heavy (non-hydrogen) atoms. The van der Waals surface area contributed by atoms with E-state index in [4.69, 9.17) is 4.74 Å². The van der Waals surface area contributed by atoms with Crippen LogP contribution in [0.3, 0.4) is 0 Å². The van der Waals surface area contributed by atoms with Crippen LogP contribution in [0.2, 0.25) is 0 Å². The zero-order chi connectivity index (χ0) is 15.3. The molecule has 0 aromatic rings. The lowest BCUT2D eigenvalue weighted by Crippen LogP contribution is -2.03. The molecule has 0 aliphatic carbocycles. The van der Waals surface area contributed by atoms with Crippen molar-refractivity contribution in [2.75, 3.05) is 0 Å². The highest BCUT2D eigenvalue weighted by molar-refractivity contribution is 5.10. The lowest BCUT2D eigenvalue weighted by molar-refractivity contribution is 0.254. The summed E-state index contributed by atoms with van der Waals surface area (Å²) in [5.41, 5.74) is 0. The molecule has 1 rings (SSSR count). The summed E-state index contributed by atoms with van der Waals surface area (Å²) in [5.74, 6) is 2.32. The van der Waals surface area contributed by atoms with E-state index < -0.39 is 0 Å². The average Bonchev–Trinajstić information content (AvgIpc) is 2.91. The number of nitrogens with one attached hydrogen (secondary N) is 1. The van der Waals surface area contributed by atoms with E-state index in [2.05, 4.69) is 25.7 Å². The SMILES string of the molecule is C=C1NC=C(C(CC)CCCCCCCCCCCC)O1. The Kier molecular flexibility index (Phi) is 10.1. The van der Waals surface area contributed by atoms with Crippen molar-refractivity contribution in [3.05, 3.63) is 24.4 Å². The molecule has 0 spiro atoms. The third-order valence-electron chi connectivity index (χ3n) is 4.42. The van der Waals surface area contributed by atoms with Crippen LogP contribution >= 0.6 is 0 Å². The van der Waals surface area contributed by atoms with Crippen LogP contribution in [0, 0.1) is 5.92 Å². The molecule has 0 aromatic carbocycles. The summed E-state index contributed by atoms with van der Waals surface area (Å²) in [6.45, 7) is 8.31. The van der Waals surface area contributed by atoms with Crippen molar-refractivity contribution in [2.24, 2.45) is 5.92 Å². The fourth-order valence-electron chi connectivity index (χ4n) is 2.98. The highest BCUT2D eigenvalue weighted by Gasteiger charge is 2.18. The normalized spacial score (nSPS) is 15.5. The molecule has 2 nitrogen and oxygen atoms in total. The Balaban J connectivity index is 1.94. The Bertz CT molecular complexity index is 309. The quantitative estimate of drug-likeness (QED) is 0.405. The molecule has 0 amide bonds. The Hall–Kier alpha value is -0.920. The van der Waals surface area contributed by atoms with Crippen LogP contribution in [-0.4, -0.2) is 0 Å². The van der Waals surface area contributed by atoms with E-state index in [-0.39, 0.29) is 0 Å². The topological polar surface area (TPSA) is 21.3 Å². The molecule has 1 aliphatic rings. The summed E-state index contributed by atoms with van der Waals surface area (Å²) in [6.07, 6.45) is 18.4. The standard InChI is InChI=1S/C19H35NO/c1-4-6-7-8-9-10-11-12-13-14-15-18(5-2)19-16-20-17(3)21-19/h16,18,20H,3-15H2,1-2H3. The van der Waals surface area contributed by atoms with E-state index in [0.29, 0.717) is 11.8 Å². The molecular weight excluding hydrogens is 258 g/mol. The predicted octanol–water partition coefficient (Wildman–Crippen LogP) is 6.26. The first-order valence-electron chi connectivity index (χ1n) is 9.11. The summed E-state index contributed by atoms with van der Waals surface area (Å²) in [4.78, 5) is 0. The molecule has 0 radical (unpaired) electrons. The van der Waals surface area contributed by atoms with Crippen LogP contribution in [0.25, 0.3) is 0 Å². The molecule has 1 heterocycles. The summed E-state index contributed by atoms with van der Waals surface area (Å²) in [7, 11) is 0. The van der Waals surface area contributed by atoms with Gasteiger partial charge in [0.1, 0.15) is 5.76 Å². The van der Waals surface area contributed by atoms with Gasteiger partial charge in [-0.2, -0.15) is 0 Å². The first-order chi connectivity index (χ1) is 10.3. The van der Waals surface area contributed by atoms with Crippen molar-refractivity contribution in [1.82, 2.24) is 5.32 Å². The number of hydrogen-bond donors (Lipinski definition) is 1. The van der Waals surface area contributed by atoms with Crippen molar-refractivity contribution in [3.63, 3.8) is 0 Å². The van der Waals surface area contributed by atoms with Gasteiger partial charge in [-0.15, -0.1) is 0 Å². The van der Waals surface area contributed by atoms with Crippen LogP contribution in [0.4, 0.5) is 0 Å². The number of rotatable bonds is 13. The molecule has 2 heteroatoms. The number of hydrogen-bond acceptors (Lipinski definition) is 2. The maximum atomic E-state index is 5.61. The zero-order valence-electron chi connectivity index (χ0n) is 14.3. The van der Waals surface area contributed by atoms with E-state index in [1.54, 1.807) is 0 Å². The van der Waals surface area contributed by atoms with E-state index in [1.807, 2.05) is 6.20 Å². The van der Waals surface area contributed by atoms with E-state index in [0.717, 1.165) is 12.2 Å². The highest BCUT2D eigenvalue weighted by Crippen LogP contribution is 2.27. The largest absolute Gasteiger partial charge is 0.444 e. The number of ether oxygens (including phenoxy) is 1. The van der Waals surface area contributed by atoms with Gasteiger partial charge in [-0.05, 0) is 19.4 Å². The van der Waals surface area contributed by atoms with Crippen LogP contribution in [0.1, 0.15) is 90.9 Å². The molecule has 122 valence electrons. The fraction of sp³-hybridized carbons (Fsp3) is 0.789. The van der Waals surface area contributed by atoms with Crippen LogP contribution in [0.5, 0.6) is 0 Å². The lowest BCUT2D eigenvalue weighted by Gasteiger charge is -2.15. The maximum absolute atomic E-state index is 5.61. The minimum Gasteiger partial charge on any atom is -0.444 e. The van der Waals surface area contributed by atoms with E-state index >= 15 is 0 Å². The highest BCUT2D eigenvalue weighted by atomic mass is 16.5. The number of allylic oxidation sites excluding steroid dienone is 1. The van der Waals surface area contributed by atoms with Gasteiger partial charge in [0.15, 0.2) is 5.88 Å². The van der Waals surface area contributed by atoms with Gasteiger partial charge in [0.05, 0.1) is 0 Å².